The molecule has 2 amide bonds. The summed E-state index contributed by atoms with van der Waals surface area (Å²) in [4.78, 5) is 23.8. The summed E-state index contributed by atoms with van der Waals surface area (Å²) in [5.74, 6) is -1.66. The van der Waals surface area contributed by atoms with Crippen molar-refractivity contribution in [3.63, 3.8) is 0 Å². The van der Waals surface area contributed by atoms with Crippen molar-refractivity contribution < 1.29 is 23.1 Å². The third-order valence-electron chi connectivity index (χ3n) is 2.63. The van der Waals surface area contributed by atoms with Crippen LogP contribution in [-0.4, -0.2) is 61.1 Å². The smallest absolute Gasteiger partial charge is 0.318 e. The molecule has 1 aliphatic heterocycles. The summed E-state index contributed by atoms with van der Waals surface area (Å²) in [6, 6.07) is -1.40. The van der Waals surface area contributed by atoms with Crippen molar-refractivity contribution in [3.8, 4) is 0 Å². The van der Waals surface area contributed by atoms with Gasteiger partial charge in [-0.05, 0) is 0 Å². The van der Waals surface area contributed by atoms with Crippen LogP contribution in [0.5, 0.6) is 0 Å². The second-order valence-electron chi connectivity index (χ2n) is 4.24. The van der Waals surface area contributed by atoms with Crippen LogP contribution in [0.25, 0.3) is 0 Å². The average molecular weight is 311 g/mol. The number of rotatable bonds is 4. The predicted octanol–water partition coefficient (Wildman–Crippen LogP) is 0.0222. The molecule has 1 unspecified atom stereocenters. The van der Waals surface area contributed by atoms with Gasteiger partial charge in [0, 0.05) is 11.6 Å². The molecule has 0 aromatic carbocycles. The van der Waals surface area contributed by atoms with Crippen LogP contribution in [0.1, 0.15) is 6.42 Å². The van der Waals surface area contributed by atoms with Crippen LogP contribution >= 0.6 is 11.6 Å². The molecule has 1 atom stereocenters. The van der Waals surface area contributed by atoms with Crippen LogP contribution in [0.4, 0.5) is 4.79 Å². The van der Waals surface area contributed by atoms with Gasteiger partial charge in [0.1, 0.15) is 0 Å². The number of nitrogens with zero attached hydrogens (tertiary/aromatic N) is 1. The zero-order valence-electron chi connectivity index (χ0n) is 10.1. The Morgan fingerprint density at radius 3 is 2.63 bits per heavy atom. The van der Waals surface area contributed by atoms with Crippen molar-refractivity contribution in [3.05, 3.63) is 11.6 Å². The summed E-state index contributed by atoms with van der Waals surface area (Å²) in [5.41, 5.74) is 0. The van der Waals surface area contributed by atoms with E-state index in [2.05, 4.69) is 11.9 Å². The van der Waals surface area contributed by atoms with Crippen molar-refractivity contribution in [1.82, 2.24) is 10.2 Å². The second-order valence-corrected chi connectivity index (χ2v) is 7.00. The van der Waals surface area contributed by atoms with E-state index in [-0.39, 0.29) is 29.6 Å². The number of carbonyl (C=O) groups is 2. The van der Waals surface area contributed by atoms with Crippen LogP contribution in [0.15, 0.2) is 11.6 Å². The molecule has 0 radical (unpaired) electrons. The van der Waals surface area contributed by atoms with Gasteiger partial charge in [0.15, 0.2) is 9.84 Å². The molecule has 7 nitrogen and oxygen atoms in total. The highest BCUT2D eigenvalue weighted by Crippen LogP contribution is 2.15. The average Bonchev–Trinajstić information content (AvgIpc) is 2.24. The summed E-state index contributed by atoms with van der Waals surface area (Å²) >= 11 is 5.51. The number of halogens is 1. The lowest BCUT2D eigenvalue weighted by molar-refractivity contribution is -0.138. The van der Waals surface area contributed by atoms with Gasteiger partial charge < -0.3 is 15.3 Å². The highest BCUT2D eigenvalue weighted by atomic mass is 35.5. The van der Waals surface area contributed by atoms with Gasteiger partial charge in [-0.2, -0.15) is 0 Å². The van der Waals surface area contributed by atoms with Crippen LogP contribution in [0.2, 0.25) is 0 Å². The first-order valence-electron chi connectivity index (χ1n) is 5.51. The number of carboxylic acids is 1. The van der Waals surface area contributed by atoms with Gasteiger partial charge in [0.05, 0.1) is 30.5 Å². The molecule has 0 bridgehead atoms. The largest absolute Gasteiger partial charge is 0.481 e. The molecule has 19 heavy (non-hydrogen) atoms. The lowest BCUT2D eigenvalue weighted by Gasteiger charge is -2.34. The summed E-state index contributed by atoms with van der Waals surface area (Å²) in [5, 5.41) is 11.4. The van der Waals surface area contributed by atoms with E-state index < -0.39 is 34.3 Å². The van der Waals surface area contributed by atoms with Gasteiger partial charge in [-0.1, -0.05) is 18.2 Å². The standard InChI is InChI=1S/C10H15ClN2O5S/c1-7(11)5-12-10(16)13-2-3-19(17,18)6-8(13)4-9(14)15/h8H,1-6H2,(H,12,16)(H,14,15). The Kier molecular flexibility index (Phi) is 5.19. The summed E-state index contributed by atoms with van der Waals surface area (Å²) in [6.45, 7) is 3.42. The topological polar surface area (TPSA) is 104 Å². The second kappa shape index (κ2) is 6.25. The zero-order chi connectivity index (χ0) is 14.6. The fourth-order valence-electron chi connectivity index (χ4n) is 1.80. The van der Waals surface area contributed by atoms with Gasteiger partial charge in [-0.25, -0.2) is 13.2 Å². The Hall–Kier alpha value is -1.28. The van der Waals surface area contributed by atoms with E-state index in [9.17, 15) is 18.0 Å². The van der Waals surface area contributed by atoms with Crippen molar-refractivity contribution in [1.29, 1.82) is 0 Å². The van der Waals surface area contributed by atoms with Crippen molar-refractivity contribution in [2.75, 3.05) is 24.6 Å². The molecule has 108 valence electrons. The van der Waals surface area contributed by atoms with Gasteiger partial charge in [-0.15, -0.1) is 0 Å². The van der Waals surface area contributed by atoms with Crippen molar-refractivity contribution in [2.45, 2.75) is 12.5 Å². The molecular formula is C10H15ClN2O5S. The molecule has 1 rings (SSSR count). The maximum atomic E-state index is 11.8. The molecule has 0 aromatic rings. The Morgan fingerprint density at radius 2 is 2.11 bits per heavy atom. The molecule has 1 fully saturated rings. The first-order chi connectivity index (χ1) is 8.71. The Morgan fingerprint density at radius 1 is 1.47 bits per heavy atom. The molecular weight excluding hydrogens is 296 g/mol. The van der Waals surface area contributed by atoms with E-state index in [4.69, 9.17) is 16.7 Å². The first kappa shape index (κ1) is 15.8. The number of hydrogen-bond donors (Lipinski definition) is 2. The van der Waals surface area contributed by atoms with E-state index >= 15 is 0 Å². The number of sulfone groups is 1. The highest BCUT2D eigenvalue weighted by Gasteiger charge is 2.35. The Balaban J connectivity index is 2.75. The van der Waals surface area contributed by atoms with Gasteiger partial charge in [-0.3, -0.25) is 4.79 Å². The SMILES string of the molecule is C=C(Cl)CNC(=O)N1CCS(=O)(=O)CC1CC(=O)O. The van der Waals surface area contributed by atoms with Gasteiger partial charge in [0.25, 0.3) is 0 Å². The third kappa shape index (κ3) is 5.07. The lowest BCUT2D eigenvalue weighted by atomic mass is 10.2. The number of amides is 2. The summed E-state index contributed by atoms with van der Waals surface area (Å²) in [6.07, 6.45) is -0.408. The molecule has 0 spiro atoms. The third-order valence-corrected chi connectivity index (χ3v) is 4.46. The monoisotopic (exact) mass is 310 g/mol. The minimum atomic E-state index is -3.30. The molecule has 0 aromatic heterocycles. The Labute approximate surface area is 116 Å². The fourth-order valence-corrected chi connectivity index (χ4v) is 3.39. The fraction of sp³-hybridized carbons (Fsp3) is 0.600. The maximum Gasteiger partial charge on any atom is 0.318 e. The summed E-state index contributed by atoms with van der Waals surface area (Å²) < 4.78 is 23.0. The van der Waals surface area contributed by atoms with E-state index in [1.807, 2.05) is 0 Å². The number of carboxylic acid groups (broad SMARTS) is 1. The molecule has 2 N–H and O–H groups in total. The number of aliphatic carboxylic acids is 1. The number of urea groups is 1. The molecule has 0 saturated carbocycles. The molecule has 0 aliphatic carbocycles. The normalized spacial score (nSPS) is 21.7. The van der Waals surface area contributed by atoms with Crippen LogP contribution in [-0.2, 0) is 14.6 Å². The van der Waals surface area contributed by atoms with Crippen LogP contribution < -0.4 is 5.32 Å². The number of hydrogen-bond acceptors (Lipinski definition) is 4. The van der Waals surface area contributed by atoms with Crippen LogP contribution in [0, 0.1) is 0 Å². The zero-order valence-corrected chi connectivity index (χ0v) is 11.7. The first-order valence-corrected chi connectivity index (χ1v) is 7.71. The number of carbonyl (C=O) groups excluding carboxylic acids is 1. The molecule has 9 heteroatoms. The molecule has 1 saturated heterocycles. The van der Waals surface area contributed by atoms with Crippen molar-refractivity contribution in [2.24, 2.45) is 0 Å². The maximum absolute atomic E-state index is 11.8. The Bertz CT molecular complexity index is 490. The quantitative estimate of drug-likeness (QED) is 0.762. The van der Waals surface area contributed by atoms with Crippen LogP contribution in [0.3, 0.4) is 0 Å². The van der Waals surface area contributed by atoms with Gasteiger partial charge >= 0.3 is 12.0 Å². The highest BCUT2D eigenvalue weighted by molar-refractivity contribution is 7.91. The number of nitrogens with one attached hydrogen (secondary N) is 1. The van der Waals surface area contributed by atoms with E-state index in [1.165, 1.54) is 4.90 Å². The van der Waals surface area contributed by atoms with Crippen molar-refractivity contribution >= 4 is 33.4 Å². The minimum Gasteiger partial charge on any atom is -0.481 e. The van der Waals surface area contributed by atoms with E-state index in [0.717, 1.165) is 0 Å². The molecule has 1 heterocycles. The predicted molar refractivity (Wildman–Crippen MR) is 69.8 cm³/mol. The molecule has 1 aliphatic rings. The lowest BCUT2D eigenvalue weighted by Crippen LogP contribution is -2.55. The summed E-state index contributed by atoms with van der Waals surface area (Å²) in [7, 11) is -3.30. The van der Waals surface area contributed by atoms with E-state index in [0.29, 0.717) is 0 Å². The van der Waals surface area contributed by atoms with E-state index in [1.54, 1.807) is 0 Å². The minimum absolute atomic E-state index is 0.0269. The van der Waals surface area contributed by atoms with Gasteiger partial charge in [0.2, 0.25) is 0 Å².